The zero-order chi connectivity index (χ0) is 13.3. The number of carbonyl (C=O) groups is 3. The second-order valence-corrected chi connectivity index (χ2v) is 2.78. The van der Waals surface area contributed by atoms with Gasteiger partial charge in [-0.2, -0.15) is 0 Å². The van der Waals surface area contributed by atoms with Gasteiger partial charge < -0.3 is 9.84 Å². The standard InChI is InChI=1S/C8H10O3.C3H4O2/c1-5(2)7(9)11-8(10)6(3)4;1-2-3(4)5/h1,3H2,2,4H3;2H,1H2,(H,4,5). The van der Waals surface area contributed by atoms with Crippen molar-refractivity contribution in [2.24, 2.45) is 0 Å². The van der Waals surface area contributed by atoms with Crippen LogP contribution in [0.3, 0.4) is 0 Å². The number of ether oxygens (including phenoxy) is 1. The Kier molecular flexibility index (Phi) is 8.30. The van der Waals surface area contributed by atoms with Crippen LogP contribution in [0.4, 0.5) is 0 Å². The predicted octanol–water partition coefficient (Wildman–Crippen LogP) is 1.47. The lowest BCUT2D eigenvalue weighted by Gasteiger charge is -1.99. The quantitative estimate of drug-likeness (QED) is 0.447. The summed E-state index contributed by atoms with van der Waals surface area (Å²) in [6.07, 6.45) is 0.833. The zero-order valence-corrected chi connectivity index (χ0v) is 9.28. The highest BCUT2D eigenvalue weighted by atomic mass is 16.6. The summed E-state index contributed by atoms with van der Waals surface area (Å²) in [5.41, 5.74) is 0.388. The molecule has 0 aliphatic heterocycles. The summed E-state index contributed by atoms with van der Waals surface area (Å²) in [6.45, 7) is 12.5. The molecule has 0 aliphatic rings. The van der Waals surface area contributed by atoms with E-state index in [0.717, 1.165) is 6.08 Å². The van der Waals surface area contributed by atoms with Gasteiger partial charge in [0.1, 0.15) is 0 Å². The van der Waals surface area contributed by atoms with Crippen LogP contribution in [0.2, 0.25) is 0 Å². The fraction of sp³-hybridized carbons (Fsp3) is 0.182. The molecule has 88 valence electrons. The molecule has 0 bridgehead atoms. The van der Waals surface area contributed by atoms with E-state index in [1.807, 2.05) is 0 Å². The molecule has 0 aromatic carbocycles. The molecule has 0 aromatic heterocycles. The van der Waals surface area contributed by atoms with Crippen molar-refractivity contribution in [3.05, 3.63) is 37.0 Å². The fourth-order valence-electron chi connectivity index (χ4n) is 0.258. The molecule has 0 heterocycles. The minimum Gasteiger partial charge on any atom is -0.478 e. The summed E-state index contributed by atoms with van der Waals surface area (Å²) in [5, 5.41) is 7.60. The average molecular weight is 226 g/mol. The molecule has 1 N–H and O–H groups in total. The van der Waals surface area contributed by atoms with Crippen molar-refractivity contribution in [2.45, 2.75) is 13.8 Å². The van der Waals surface area contributed by atoms with E-state index in [1.54, 1.807) is 0 Å². The van der Waals surface area contributed by atoms with Crippen molar-refractivity contribution < 1.29 is 24.2 Å². The summed E-state index contributed by atoms with van der Waals surface area (Å²) in [4.78, 5) is 30.6. The van der Waals surface area contributed by atoms with Gasteiger partial charge in [0, 0.05) is 17.2 Å². The molecule has 0 rings (SSSR count). The van der Waals surface area contributed by atoms with Crippen LogP contribution < -0.4 is 0 Å². The minimum atomic E-state index is -0.981. The Balaban J connectivity index is 0. The number of aliphatic carboxylic acids is 1. The first-order chi connectivity index (χ1) is 7.22. The topological polar surface area (TPSA) is 80.7 Å². The summed E-state index contributed by atoms with van der Waals surface area (Å²) in [7, 11) is 0. The smallest absolute Gasteiger partial charge is 0.340 e. The van der Waals surface area contributed by atoms with Gasteiger partial charge in [0.2, 0.25) is 0 Å². The molecular weight excluding hydrogens is 212 g/mol. The fourth-order valence-corrected chi connectivity index (χ4v) is 0.258. The number of esters is 2. The van der Waals surface area contributed by atoms with Crippen molar-refractivity contribution in [1.82, 2.24) is 0 Å². The molecule has 0 saturated carbocycles. The highest BCUT2D eigenvalue weighted by Gasteiger charge is 2.10. The van der Waals surface area contributed by atoms with Gasteiger partial charge in [-0.15, -0.1) is 0 Å². The molecule has 0 aromatic rings. The lowest BCUT2D eigenvalue weighted by atomic mass is 10.3. The van der Waals surface area contributed by atoms with Crippen LogP contribution in [0.25, 0.3) is 0 Å². The van der Waals surface area contributed by atoms with E-state index in [1.165, 1.54) is 13.8 Å². The third kappa shape index (κ3) is 9.91. The number of rotatable bonds is 3. The third-order valence-corrected chi connectivity index (χ3v) is 1.06. The van der Waals surface area contributed by atoms with E-state index in [0.29, 0.717) is 0 Å². The largest absolute Gasteiger partial charge is 0.478 e. The van der Waals surface area contributed by atoms with Gasteiger partial charge in [0.05, 0.1) is 0 Å². The highest BCUT2D eigenvalue weighted by molar-refractivity contribution is 6.00. The molecular formula is C11H14O5. The second kappa shape index (κ2) is 8.16. The van der Waals surface area contributed by atoms with Crippen LogP contribution >= 0.6 is 0 Å². The summed E-state index contributed by atoms with van der Waals surface area (Å²) in [6, 6.07) is 0. The number of carbonyl (C=O) groups excluding carboxylic acids is 2. The Hall–Kier alpha value is -2.17. The minimum absolute atomic E-state index is 0.194. The summed E-state index contributed by atoms with van der Waals surface area (Å²) in [5.74, 6) is -2.40. The molecule has 5 heteroatoms. The van der Waals surface area contributed by atoms with E-state index < -0.39 is 17.9 Å². The second-order valence-electron chi connectivity index (χ2n) is 2.78. The van der Waals surface area contributed by atoms with Gasteiger partial charge in [-0.3, -0.25) is 0 Å². The maximum Gasteiger partial charge on any atom is 0.340 e. The lowest BCUT2D eigenvalue weighted by Crippen LogP contribution is -2.12. The Bertz CT molecular complexity index is 314. The first-order valence-electron chi connectivity index (χ1n) is 4.15. The number of hydrogen-bond acceptors (Lipinski definition) is 4. The van der Waals surface area contributed by atoms with Crippen molar-refractivity contribution in [3.63, 3.8) is 0 Å². The van der Waals surface area contributed by atoms with E-state index in [2.05, 4.69) is 24.5 Å². The average Bonchev–Trinajstić information content (AvgIpc) is 2.18. The Morgan fingerprint density at radius 1 is 1.06 bits per heavy atom. The predicted molar refractivity (Wildman–Crippen MR) is 58.6 cm³/mol. The number of carboxylic acids is 1. The van der Waals surface area contributed by atoms with Crippen LogP contribution in [0.5, 0.6) is 0 Å². The van der Waals surface area contributed by atoms with Crippen LogP contribution in [0, 0.1) is 0 Å². The van der Waals surface area contributed by atoms with Crippen molar-refractivity contribution in [1.29, 1.82) is 0 Å². The molecule has 0 radical (unpaired) electrons. The molecule has 0 aliphatic carbocycles. The number of hydrogen-bond donors (Lipinski definition) is 1. The molecule has 0 saturated heterocycles. The molecule has 16 heavy (non-hydrogen) atoms. The van der Waals surface area contributed by atoms with Gasteiger partial charge in [0.25, 0.3) is 0 Å². The van der Waals surface area contributed by atoms with Gasteiger partial charge in [-0.25, -0.2) is 14.4 Å². The number of carboxylic acid groups (broad SMARTS) is 1. The van der Waals surface area contributed by atoms with Gasteiger partial charge in [-0.1, -0.05) is 19.7 Å². The van der Waals surface area contributed by atoms with Crippen LogP contribution in [0.1, 0.15) is 13.8 Å². The zero-order valence-electron chi connectivity index (χ0n) is 9.28. The molecule has 0 atom stereocenters. The Morgan fingerprint density at radius 3 is 1.44 bits per heavy atom. The maximum absolute atomic E-state index is 10.7. The molecule has 0 amide bonds. The Labute approximate surface area is 93.7 Å². The monoisotopic (exact) mass is 226 g/mol. The van der Waals surface area contributed by atoms with Crippen LogP contribution in [-0.4, -0.2) is 23.0 Å². The Morgan fingerprint density at radius 2 is 1.31 bits per heavy atom. The first kappa shape index (κ1) is 16.3. The summed E-state index contributed by atoms with van der Waals surface area (Å²) >= 11 is 0. The van der Waals surface area contributed by atoms with Crippen LogP contribution in [-0.2, 0) is 19.1 Å². The van der Waals surface area contributed by atoms with Crippen molar-refractivity contribution in [3.8, 4) is 0 Å². The van der Waals surface area contributed by atoms with E-state index in [-0.39, 0.29) is 11.1 Å². The van der Waals surface area contributed by atoms with Crippen LogP contribution in [0.15, 0.2) is 37.0 Å². The van der Waals surface area contributed by atoms with Crippen molar-refractivity contribution in [2.75, 3.05) is 0 Å². The van der Waals surface area contributed by atoms with Gasteiger partial charge >= 0.3 is 17.9 Å². The van der Waals surface area contributed by atoms with E-state index >= 15 is 0 Å². The maximum atomic E-state index is 10.7. The first-order valence-corrected chi connectivity index (χ1v) is 4.15. The summed E-state index contributed by atoms with van der Waals surface area (Å²) < 4.78 is 4.30. The van der Waals surface area contributed by atoms with Gasteiger partial charge in [-0.05, 0) is 13.8 Å². The lowest BCUT2D eigenvalue weighted by molar-refractivity contribution is -0.153. The molecule has 0 unspecified atom stereocenters. The highest BCUT2D eigenvalue weighted by Crippen LogP contribution is 1.97. The SMILES string of the molecule is C=C(C)C(=O)OC(=O)C(=C)C.C=CC(=O)O. The van der Waals surface area contributed by atoms with E-state index in [9.17, 15) is 14.4 Å². The normalized spacial score (nSPS) is 7.88. The third-order valence-electron chi connectivity index (χ3n) is 1.06. The van der Waals surface area contributed by atoms with Crippen molar-refractivity contribution >= 4 is 17.9 Å². The molecule has 0 fully saturated rings. The molecule has 5 nitrogen and oxygen atoms in total. The molecule has 0 spiro atoms. The van der Waals surface area contributed by atoms with Gasteiger partial charge in [0.15, 0.2) is 0 Å². The van der Waals surface area contributed by atoms with E-state index in [4.69, 9.17) is 5.11 Å².